The first kappa shape index (κ1) is 17.6. The first-order chi connectivity index (χ1) is 11.0. The molecule has 0 aliphatic heterocycles. The maximum Gasteiger partial charge on any atom is 0.315 e. The first-order valence-corrected chi connectivity index (χ1v) is 8.48. The lowest BCUT2D eigenvalue weighted by atomic mass is 9.99. The van der Waals surface area contributed by atoms with E-state index in [0.29, 0.717) is 6.54 Å². The number of aryl methyl sites for hydroxylation is 1. The van der Waals surface area contributed by atoms with Crippen LogP contribution in [-0.4, -0.2) is 43.9 Å². The molecule has 1 aromatic carbocycles. The number of aliphatic hydroxyl groups is 1. The number of hydrogen-bond acceptors (Lipinski definition) is 3. The fourth-order valence-corrected chi connectivity index (χ4v) is 3.11. The van der Waals surface area contributed by atoms with Gasteiger partial charge in [-0.15, -0.1) is 0 Å². The fourth-order valence-electron chi connectivity index (χ4n) is 3.11. The van der Waals surface area contributed by atoms with Crippen LogP contribution in [0.5, 0.6) is 0 Å². The van der Waals surface area contributed by atoms with Crippen molar-refractivity contribution >= 4 is 11.7 Å². The van der Waals surface area contributed by atoms with Crippen molar-refractivity contribution in [2.45, 2.75) is 44.1 Å². The molecule has 0 atom stereocenters. The summed E-state index contributed by atoms with van der Waals surface area (Å²) in [4.78, 5) is 14.0. The van der Waals surface area contributed by atoms with E-state index in [0.717, 1.165) is 38.5 Å². The summed E-state index contributed by atoms with van der Waals surface area (Å²) in [5.41, 5.74) is 2.07. The molecule has 1 saturated carbocycles. The second kappa shape index (κ2) is 8.20. The van der Waals surface area contributed by atoms with Gasteiger partial charge in [0.1, 0.15) is 0 Å². The van der Waals surface area contributed by atoms with Gasteiger partial charge in [0.25, 0.3) is 0 Å². The van der Waals surface area contributed by atoms with E-state index in [-0.39, 0.29) is 12.6 Å². The van der Waals surface area contributed by atoms with Crippen molar-refractivity contribution in [3.8, 4) is 0 Å². The van der Waals surface area contributed by atoms with Gasteiger partial charge in [-0.1, -0.05) is 25.0 Å². The highest BCUT2D eigenvalue weighted by Gasteiger charge is 2.34. The number of urea groups is 1. The monoisotopic (exact) mass is 319 g/mol. The molecule has 0 bridgehead atoms. The van der Waals surface area contributed by atoms with Crippen molar-refractivity contribution in [1.29, 1.82) is 0 Å². The molecule has 0 saturated heterocycles. The smallest absolute Gasteiger partial charge is 0.315 e. The van der Waals surface area contributed by atoms with Crippen molar-refractivity contribution in [2.75, 3.05) is 32.1 Å². The summed E-state index contributed by atoms with van der Waals surface area (Å²) >= 11 is 0. The summed E-state index contributed by atoms with van der Waals surface area (Å²) in [6.45, 7) is 0.668. The first-order valence-electron chi connectivity index (χ1n) is 8.48. The van der Waals surface area contributed by atoms with Gasteiger partial charge >= 0.3 is 6.03 Å². The van der Waals surface area contributed by atoms with Gasteiger partial charge in [0, 0.05) is 26.3 Å². The molecular weight excluding hydrogens is 290 g/mol. The minimum Gasteiger partial charge on any atom is -0.394 e. The number of anilines is 1. The lowest BCUT2D eigenvalue weighted by Gasteiger charge is -2.27. The number of hydrogen-bond donors (Lipinski definition) is 3. The number of carbonyl (C=O) groups excluding carboxylic acids is 1. The number of aliphatic hydroxyl groups excluding tert-OH is 1. The van der Waals surface area contributed by atoms with E-state index in [1.807, 2.05) is 14.1 Å². The van der Waals surface area contributed by atoms with Crippen molar-refractivity contribution in [3.05, 3.63) is 29.8 Å². The van der Waals surface area contributed by atoms with Crippen molar-refractivity contribution in [2.24, 2.45) is 0 Å². The van der Waals surface area contributed by atoms with Crippen LogP contribution in [-0.2, 0) is 6.42 Å². The van der Waals surface area contributed by atoms with Gasteiger partial charge in [-0.2, -0.15) is 0 Å². The predicted octanol–water partition coefficient (Wildman–Crippen LogP) is 2.29. The Kier molecular flexibility index (Phi) is 6.28. The average Bonchev–Trinajstić information content (AvgIpc) is 3.01. The Morgan fingerprint density at radius 1 is 1.22 bits per heavy atom. The third-order valence-electron chi connectivity index (χ3n) is 4.62. The zero-order chi connectivity index (χ0) is 16.7. The number of carbonyl (C=O) groups is 1. The highest BCUT2D eigenvalue weighted by molar-refractivity contribution is 5.74. The van der Waals surface area contributed by atoms with Crippen molar-refractivity contribution in [1.82, 2.24) is 10.6 Å². The average molecular weight is 319 g/mol. The lowest BCUT2D eigenvalue weighted by Crippen LogP contribution is -2.53. The van der Waals surface area contributed by atoms with Gasteiger partial charge in [0.15, 0.2) is 0 Å². The minimum absolute atomic E-state index is 0.0264. The van der Waals surface area contributed by atoms with Crippen LogP contribution < -0.4 is 15.5 Å². The number of nitrogens with one attached hydrogen (secondary N) is 2. The standard InChI is InChI=1S/C18H29N3O2/c1-21(2)16-9-7-15(8-10-16)6-5-13-19-17(23)20-18(14-22)11-3-4-12-18/h7-10,22H,3-6,11-14H2,1-2H3,(H2,19,20,23). The molecule has 0 spiro atoms. The molecule has 0 radical (unpaired) electrons. The molecule has 1 aliphatic carbocycles. The number of amides is 2. The summed E-state index contributed by atoms with van der Waals surface area (Å²) in [5, 5.41) is 15.4. The van der Waals surface area contributed by atoms with E-state index < -0.39 is 5.54 Å². The molecule has 1 aromatic rings. The minimum atomic E-state index is -0.397. The van der Waals surface area contributed by atoms with E-state index in [9.17, 15) is 9.90 Å². The van der Waals surface area contributed by atoms with Crippen LogP contribution in [0.2, 0.25) is 0 Å². The highest BCUT2D eigenvalue weighted by Crippen LogP contribution is 2.28. The maximum absolute atomic E-state index is 12.0. The predicted molar refractivity (Wildman–Crippen MR) is 93.9 cm³/mol. The van der Waals surface area contributed by atoms with Crippen LogP contribution in [0, 0.1) is 0 Å². The quantitative estimate of drug-likeness (QED) is 0.676. The van der Waals surface area contributed by atoms with Crippen molar-refractivity contribution in [3.63, 3.8) is 0 Å². The lowest BCUT2D eigenvalue weighted by molar-refractivity contribution is 0.163. The Morgan fingerprint density at radius 3 is 2.43 bits per heavy atom. The van der Waals surface area contributed by atoms with Gasteiger partial charge in [0.05, 0.1) is 12.1 Å². The third kappa shape index (κ3) is 5.13. The Labute approximate surface area is 139 Å². The Hall–Kier alpha value is -1.75. The molecule has 0 heterocycles. The van der Waals surface area contributed by atoms with Crippen LogP contribution in [0.1, 0.15) is 37.7 Å². The van der Waals surface area contributed by atoms with Gasteiger partial charge < -0.3 is 20.6 Å². The molecule has 5 nitrogen and oxygen atoms in total. The maximum atomic E-state index is 12.0. The Bertz CT molecular complexity index is 493. The van der Waals surface area contributed by atoms with Crippen molar-refractivity contribution < 1.29 is 9.90 Å². The molecule has 0 aromatic heterocycles. The van der Waals surface area contributed by atoms with Gasteiger partial charge in [-0.3, -0.25) is 0 Å². The van der Waals surface area contributed by atoms with Crippen LogP contribution in [0.4, 0.5) is 10.5 Å². The van der Waals surface area contributed by atoms with Gasteiger partial charge in [0.2, 0.25) is 0 Å². The molecule has 0 unspecified atom stereocenters. The van der Waals surface area contributed by atoms with Crippen LogP contribution in [0.3, 0.4) is 0 Å². The molecule has 23 heavy (non-hydrogen) atoms. The summed E-state index contributed by atoms with van der Waals surface area (Å²) in [7, 11) is 4.06. The number of nitrogens with zero attached hydrogens (tertiary/aromatic N) is 1. The molecule has 5 heteroatoms. The molecule has 1 fully saturated rings. The van der Waals surface area contributed by atoms with Gasteiger partial charge in [-0.05, 0) is 43.4 Å². The zero-order valence-corrected chi connectivity index (χ0v) is 14.3. The van der Waals surface area contributed by atoms with E-state index >= 15 is 0 Å². The summed E-state index contributed by atoms with van der Waals surface area (Å²) in [6, 6.07) is 8.33. The fraction of sp³-hybridized carbons (Fsp3) is 0.611. The number of benzene rings is 1. The molecule has 2 amide bonds. The van der Waals surface area contributed by atoms with Crippen LogP contribution in [0.25, 0.3) is 0 Å². The zero-order valence-electron chi connectivity index (χ0n) is 14.3. The SMILES string of the molecule is CN(C)c1ccc(CCCNC(=O)NC2(CO)CCCC2)cc1. The topological polar surface area (TPSA) is 64.6 Å². The third-order valence-corrected chi connectivity index (χ3v) is 4.62. The molecule has 2 rings (SSSR count). The van der Waals surface area contributed by atoms with Crippen LogP contribution in [0.15, 0.2) is 24.3 Å². The summed E-state index contributed by atoms with van der Waals surface area (Å²) in [6.07, 6.45) is 5.73. The van der Waals surface area contributed by atoms with E-state index in [2.05, 4.69) is 39.8 Å². The Morgan fingerprint density at radius 2 is 1.87 bits per heavy atom. The molecule has 1 aliphatic rings. The second-order valence-corrected chi connectivity index (χ2v) is 6.69. The number of rotatable bonds is 7. The second-order valence-electron chi connectivity index (χ2n) is 6.69. The van der Waals surface area contributed by atoms with E-state index in [1.54, 1.807) is 0 Å². The molecule has 128 valence electrons. The normalized spacial score (nSPS) is 16.1. The summed E-state index contributed by atoms with van der Waals surface area (Å²) < 4.78 is 0. The van der Waals surface area contributed by atoms with E-state index in [4.69, 9.17) is 0 Å². The highest BCUT2D eigenvalue weighted by atomic mass is 16.3. The van der Waals surface area contributed by atoms with Gasteiger partial charge in [-0.25, -0.2) is 4.79 Å². The Balaban J connectivity index is 1.67. The van der Waals surface area contributed by atoms with Crippen LogP contribution >= 0.6 is 0 Å². The summed E-state index contributed by atoms with van der Waals surface area (Å²) in [5.74, 6) is 0. The molecule has 3 N–H and O–H groups in total. The largest absolute Gasteiger partial charge is 0.394 e. The molecular formula is C18H29N3O2. The van der Waals surface area contributed by atoms with E-state index in [1.165, 1.54) is 11.3 Å².